The van der Waals surface area contributed by atoms with Gasteiger partial charge in [0.05, 0.1) is 0 Å². The van der Waals surface area contributed by atoms with E-state index in [4.69, 9.17) is 0 Å². The highest BCUT2D eigenvalue weighted by molar-refractivity contribution is 5.17. The predicted molar refractivity (Wildman–Crippen MR) is 55.5 cm³/mol. The Morgan fingerprint density at radius 2 is 1.46 bits per heavy atom. The van der Waals surface area contributed by atoms with E-state index in [1.165, 1.54) is 12.8 Å². The molecule has 0 spiro atoms. The fourth-order valence-corrected chi connectivity index (χ4v) is 4.70. The van der Waals surface area contributed by atoms with Gasteiger partial charge in [-0.05, 0) is 54.8 Å². The summed E-state index contributed by atoms with van der Waals surface area (Å²) in [7, 11) is 0. The summed E-state index contributed by atoms with van der Waals surface area (Å²) in [4.78, 5) is 0. The first-order chi connectivity index (χ1) is 6.12. The van der Waals surface area contributed by atoms with Crippen molar-refractivity contribution in [2.75, 3.05) is 0 Å². The molecule has 74 valence electrons. The van der Waals surface area contributed by atoms with E-state index >= 15 is 0 Å². The van der Waals surface area contributed by atoms with Crippen LogP contribution in [0.1, 0.15) is 58.8 Å². The monoisotopic (exact) mass is 178 g/mol. The van der Waals surface area contributed by atoms with Gasteiger partial charge >= 0.3 is 0 Å². The van der Waals surface area contributed by atoms with E-state index in [9.17, 15) is 0 Å². The summed E-state index contributed by atoms with van der Waals surface area (Å²) >= 11 is 0. The van der Waals surface area contributed by atoms with Crippen LogP contribution in [0.2, 0.25) is 0 Å². The maximum absolute atomic E-state index is 2.49. The second-order valence-corrected chi connectivity index (χ2v) is 6.66. The van der Waals surface area contributed by atoms with Crippen LogP contribution in [0, 0.1) is 22.7 Å². The van der Waals surface area contributed by atoms with Gasteiger partial charge in [0.1, 0.15) is 0 Å². The standard InChI is InChI=1S/C13H22/c1-10-3-5-11(6-4-10)13-7-12(2,8-13)9-13/h10-11H,3-9H2,1-2H3. The van der Waals surface area contributed by atoms with E-state index in [1.54, 1.807) is 32.1 Å². The molecule has 4 rings (SSSR count). The normalized spacial score (nSPS) is 59.5. The molecule has 0 aliphatic heterocycles. The lowest BCUT2D eigenvalue weighted by Crippen LogP contribution is -2.63. The summed E-state index contributed by atoms with van der Waals surface area (Å²) in [6.45, 7) is 4.92. The van der Waals surface area contributed by atoms with Crippen LogP contribution < -0.4 is 0 Å². The van der Waals surface area contributed by atoms with Gasteiger partial charge in [0, 0.05) is 0 Å². The molecule has 0 amide bonds. The first-order valence-electron chi connectivity index (χ1n) is 6.12. The average Bonchev–Trinajstić information content (AvgIpc) is 1.99. The maximum Gasteiger partial charge on any atom is -0.0254 e. The predicted octanol–water partition coefficient (Wildman–Crippen LogP) is 4.00. The molecule has 0 aromatic heterocycles. The number of hydrogen-bond acceptors (Lipinski definition) is 0. The van der Waals surface area contributed by atoms with E-state index in [-0.39, 0.29) is 0 Å². The quantitative estimate of drug-likeness (QED) is 0.569. The highest BCUT2D eigenvalue weighted by Crippen LogP contribution is 2.77. The zero-order valence-electron chi connectivity index (χ0n) is 9.10. The molecule has 0 aromatic rings. The summed E-state index contributed by atoms with van der Waals surface area (Å²) in [6.07, 6.45) is 10.9. The first-order valence-corrected chi connectivity index (χ1v) is 6.12. The highest BCUT2D eigenvalue weighted by Gasteiger charge is 2.67. The van der Waals surface area contributed by atoms with Gasteiger partial charge in [-0.3, -0.25) is 0 Å². The third-order valence-electron chi connectivity index (χ3n) is 5.22. The first kappa shape index (κ1) is 8.32. The van der Waals surface area contributed by atoms with E-state index < -0.39 is 0 Å². The van der Waals surface area contributed by atoms with Crippen LogP contribution in [0.5, 0.6) is 0 Å². The topological polar surface area (TPSA) is 0 Å². The van der Waals surface area contributed by atoms with Crippen LogP contribution in [0.15, 0.2) is 0 Å². The Hall–Kier alpha value is 0. The van der Waals surface area contributed by atoms with Gasteiger partial charge in [-0.2, -0.15) is 0 Å². The van der Waals surface area contributed by atoms with Gasteiger partial charge < -0.3 is 0 Å². The largest absolute Gasteiger partial charge is 0.0625 e. The molecule has 0 radical (unpaired) electrons. The molecule has 0 atom stereocenters. The molecule has 0 unspecified atom stereocenters. The second-order valence-electron chi connectivity index (χ2n) is 6.66. The Bertz CT molecular complexity index is 200. The zero-order chi connectivity index (χ0) is 9.10. The minimum absolute atomic E-state index is 0.822. The Balaban J connectivity index is 1.62. The molecule has 0 saturated heterocycles. The fraction of sp³-hybridized carbons (Fsp3) is 1.00. The molecular weight excluding hydrogens is 156 g/mol. The van der Waals surface area contributed by atoms with Gasteiger partial charge in [-0.1, -0.05) is 26.7 Å². The molecule has 0 heteroatoms. The van der Waals surface area contributed by atoms with Crippen molar-refractivity contribution in [1.82, 2.24) is 0 Å². The Labute approximate surface area is 82.1 Å². The Morgan fingerprint density at radius 3 is 1.92 bits per heavy atom. The smallest absolute Gasteiger partial charge is 0.0254 e. The molecule has 13 heavy (non-hydrogen) atoms. The SMILES string of the molecule is CC1CCC(C23CC(C)(C2)C3)CC1. The van der Waals surface area contributed by atoms with Crippen LogP contribution in [-0.4, -0.2) is 0 Å². The third kappa shape index (κ3) is 1.04. The van der Waals surface area contributed by atoms with Crippen LogP contribution >= 0.6 is 0 Å². The van der Waals surface area contributed by atoms with Crippen molar-refractivity contribution < 1.29 is 0 Å². The average molecular weight is 178 g/mol. The van der Waals surface area contributed by atoms with E-state index in [2.05, 4.69) is 13.8 Å². The van der Waals surface area contributed by atoms with Crippen LogP contribution in [0.25, 0.3) is 0 Å². The van der Waals surface area contributed by atoms with Crippen LogP contribution in [0.4, 0.5) is 0 Å². The van der Waals surface area contributed by atoms with Gasteiger partial charge in [0.15, 0.2) is 0 Å². The zero-order valence-corrected chi connectivity index (χ0v) is 9.10. The van der Waals surface area contributed by atoms with Crippen molar-refractivity contribution in [2.24, 2.45) is 22.7 Å². The second kappa shape index (κ2) is 2.32. The van der Waals surface area contributed by atoms with Gasteiger partial charge in [-0.15, -0.1) is 0 Å². The molecule has 0 heterocycles. The van der Waals surface area contributed by atoms with Crippen molar-refractivity contribution in [1.29, 1.82) is 0 Å². The lowest BCUT2D eigenvalue weighted by molar-refractivity contribution is -0.231. The molecule has 2 bridgehead atoms. The van der Waals surface area contributed by atoms with Gasteiger partial charge in [-0.25, -0.2) is 0 Å². The minimum atomic E-state index is 0.822. The van der Waals surface area contributed by atoms with Crippen molar-refractivity contribution in [3.8, 4) is 0 Å². The molecular formula is C13H22. The summed E-state index contributed by atoms with van der Waals surface area (Å²) in [5.74, 6) is 2.16. The number of hydrogen-bond donors (Lipinski definition) is 0. The summed E-state index contributed by atoms with van der Waals surface area (Å²) in [5.41, 5.74) is 1.71. The summed E-state index contributed by atoms with van der Waals surface area (Å²) < 4.78 is 0. The maximum atomic E-state index is 2.49. The molecule has 0 aromatic carbocycles. The van der Waals surface area contributed by atoms with Crippen LogP contribution in [0.3, 0.4) is 0 Å². The van der Waals surface area contributed by atoms with Crippen molar-refractivity contribution in [3.63, 3.8) is 0 Å². The molecule has 4 saturated carbocycles. The number of rotatable bonds is 1. The lowest BCUT2D eigenvalue weighted by atomic mass is 9.32. The summed E-state index contributed by atoms with van der Waals surface area (Å²) in [5, 5.41) is 0. The molecule has 4 aliphatic carbocycles. The van der Waals surface area contributed by atoms with Crippen molar-refractivity contribution in [3.05, 3.63) is 0 Å². The van der Waals surface area contributed by atoms with Gasteiger partial charge in [0.25, 0.3) is 0 Å². The lowest BCUT2D eigenvalue weighted by Gasteiger charge is -2.73. The highest BCUT2D eigenvalue weighted by atomic mass is 14.7. The Kier molecular flexibility index (Phi) is 1.49. The van der Waals surface area contributed by atoms with Gasteiger partial charge in [0.2, 0.25) is 0 Å². The van der Waals surface area contributed by atoms with E-state index in [0.29, 0.717) is 0 Å². The molecule has 0 nitrogen and oxygen atoms in total. The molecule has 4 fully saturated rings. The van der Waals surface area contributed by atoms with E-state index in [0.717, 1.165) is 22.7 Å². The third-order valence-corrected chi connectivity index (χ3v) is 5.22. The summed E-state index contributed by atoms with van der Waals surface area (Å²) in [6, 6.07) is 0. The van der Waals surface area contributed by atoms with Crippen molar-refractivity contribution >= 4 is 0 Å². The molecule has 0 N–H and O–H groups in total. The van der Waals surface area contributed by atoms with Crippen LogP contribution in [-0.2, 0) is 0 Å². The minimum Gasteiger partial charge on any atom is -0.0625 e. The molecule has 4 aliphatic rings. The Morgan fingerprint density at radius 1 is 0.923 bits per heavy atom. The fourth-order valence-electron chi connectivity index (χ4n) is 4.70. The van der Waals surface area contributed by atoms with E-state index in [1.807, 2.05) is 0 Å². The van der Waals surface area contributed by atoms with Crippen molar-refractivity contribution in [2.45, 2.75) is 58.8 Å².